The first-order valence-electron chi connectivity index (χ1n) is 6.08. The van der Waals surface area contributed by atoms with Gasteiger partial charge in [0.1, 0.15) is 4.90 Å². The maximum Gasteiger partial charge on any atom is 0.306 e. The topological polar surface area (TPSA) is 112 Å². The fourth-order valence-electron chi connectivity index (χ4n) is 2.53. The Bertz CT molecular complexity index is 574. The Balaban J connectivity index is 2.13. The number of aryl methyl sites for hydroxylation is 2. The molecule has 8 heteroatoms. The van der Waals surface area contributed by atoms with Crippen LogP contribution in [-0.2, 0) is 14.8 Å². The minimum Gasteiger partial charge on any atom is -0.481 e. The molecule has 1 fully saturated rings. The number of carboxylic acid groups (broad SMARTS) is 1. The molecule has 0 aliphatic heterocycles. The highest BCUT2D eigenvalue weighted by Gasteiger charge is 2.33. The molecule has 106 valence electrons. The fourth-order valence-corrected chi connectivity index (χ4v) is 4.18. The number of nitrogens with one attached hydrogen (secondary N) is 2. The number of carboxylic acids is 1. The minimum absolute atomic E-state index is 0.159. The van der Waals surface area contributed by atoms with Crippen LogP contribution in [0.15, 0.2) is 4.90 Å². The molecule has 2 rings (SSSR count). The molecule has 0 amide bonds. The lowest BCUT2D eigenvalue weighted by Gasteiger charge is -2.13. The Hall–Kier alpha value is -1.41. The number of H-pyrrole nitrogens is 1. The van der Waals surface area contributed by atoms with Crippen LogP contribution in [0.4, 0.5) is 0 Å². The van der Waals surface area contributed by atoms with Crippen LogP contribution in [-0.4, -0.2) is 35.7 Å². The Morgan fingerprint density at radius 3 is 2.58 bits per heavy atom. The van der Waals surface area contributed by atoms with E-state index in [1.165, 1.54) is 0 Å². The molecule has 0 aromatic carbocycles. The molecular weight excluding hydrogens is 270 g/mol. The van der Waals surface area contributed by atoms with Crippen LogP contribution in [0, 0.1) is 19.8 Å². The first-order valence-corrected chi connectivity index (χ1v) is 7.56. The summed E-state index contributed by atoms with van der Waals surface area (Å²) >= 11 is 0. The second kappa shape index (κ2) is 4.93. The van der Waals surface area contributed by atoms with E-state index in [0.29, 0.717) is 30.7 Å². The predicted molar refractivity (Wildman–Crippen MR) is 67.1 cm³/mol. The van der Waals surface area contributed by atoms with Gasteiger partial charge in [0.25, 0.3) is 0 Å². The van der Waals surface area contributed by atoms with Gasteiger partial charge in [-0.15, -0.1) is 0 Å². The van der Waals surface area contributed by atoms with Crippen molar-refractivity contribution in [2.24, 2.45) is 5.92 Å². The largest absolute Gasteiger partial charge is 0.481 e. The van der Waals surface area contributed by atoms with Crippen LogP contribution >= 0.6 is 0 Å². The highest BCUT2D eigenvalue weighted by atomic mass is 32.2. The van der Waals surface area contributed by atoms with E-state index in [2.05, 4.69) is 14.9 Å². The van der Waals surface area contributed by atoms with Crippen LogP contribution in [0.3, 0.4) is 0 Å². The van der Waals surface area contributed by atoms with Crippen LogP contribution in [0.1, 0.15) is 30.7 Å². The lowest BCUT2D eigenvalue weighted by molar-refractivity contribution is -0.141. The summed E-state index contributed by atoms with van der Waals surface area (Å²) in [5.74, 6) is -1.32. The third-order valence-corrected chi connectivity index (χ3v) is 5.22. The summed E-state index contributed by atoms with van der Waals surface area (Å²) in [6.07, 6.45) is 1.39. The number of sulfonamides is 1. The Kier molecular flexibility index (Phi) is 3.64. The number of aliphatic carboxylic acids is 1. The van der Waals surface area contributed by atoms with Crippen LogP contribution in [0.25, 0.3) is 0 Å². The molecule has 1 aromatic rings. The van der Waals surface area contributed by atoms with E-state index < -0.39 is 21.9 Å². The van der Waals surface area contributed by atoms with Gasteiger partial charge in [-0.3, -0.25) is 9.89 Å². The van der Waals surface area contributed by atoms with Crippen molar-refractivity contribution in [1.82, 2.24) is 14.9 Å². The molecule has 0 spiro atoms. The molecule has 0 radical (unpaired) electrons. The molecule has 1 aromatic heterocycles. The number of hydrogen-bond donors (Lipinski definition) is 3. The monoisotopic (exact) mass is 287 g/mol. The Morgan fingerprint density at radius 2 is 2.11 bits per heavy atom. The summed E-state index contributed by atoms with van der Waals surface area (Å²) in [4.78, 5) is 11.0. The van der Waals surface area contributed by atoms with Crippen LogP contribution < -0.4 is 4.72 Å². The summed E-state index contributed by atoms with van der Waals surface area (Å²) in [6.45, 7) is 3.26. The maximum atomic E-state index is 12.2. The molecular formula is C11H17N3O4S. The first kappa shape index (κ1) is 14.0. The van der Waals surface area contributed by atoms with Crippen molar-refractivity contribution in [1.29, 1.82) is 0 Å². The summed E-state index contributed by atoms with van der Waals surface area (Å²) < 4.78 is 27.1. The number of carbonyl (C=O) groups is 1. The van der Waals surface area contributed by atoms with Crippen molar-refractivity contribution in [2.45, 2.75) is 44.0 Å². The zero-order valence-electron chi connectivity index (χ0n) is 10.8. The number of aromatic amines is 1. The molecule has 1 aliphatic carbocycles. The Morgan fingerprint density at radius 1 is 1.42 bits per heavy atom. The normalized spacial score (nSPS) is 23.7. The van der Waals surface area contributed by atoms with Crippen molar-refractivity contribution < 1.29 is 18.3 Å². The van der Waals surface area contributed by atoms with Gasteiger partial charge < -0.3 is 5.11 Å². The summed E-state index contributed by atoms with van der Waals surface area (Å²) in [5.41, 5.74) is 0.899. The molecule has 7 nitrogen and oxygen atoms in total. The number of aromatic nitrogens is 2. The number of rotatable bonds is 4. The van der Waals surface area contributed by atoms with Crippen LogP contribution in [0.2, 0.25) is 0 Å². The summed E-state index contributed by atoms with van der Waals surface area (Å²) in [7, 11) is -3.65. The summed E-state index contributed by atoms with van der Waals surface area (Å²) in [6, 6.07) is -0.320. The molecule has 19 heavy (non-hydrogen) atoms. The van der Waals surface area contributed by atoms with Gasteiger partial charge >= 0.3 is 5.97 Å². The van der Waals surface area contributed by atoms with E-state index in [0.717, 1.165) is 0 Å². The van der Waals surface area contributed by atoms with Gasteiger partial charge in [-0.2, -0.15) is 5.10 Å². The lowest BCUT2D eigenvalue weighted by Crippen LogP contribution is -2.34. The maximum absolute atomic E-state index is 12.2. The second-order valence-electron chi connectivity index (χ2n) is 4.93. The van der Waals surface area contributed by atoms with Crippen molar-refractivity contribution in [3.63, 3.8) is 0 Å². The van der Waals surface area contributed by atoms with E-state index in [1.54, 1.807) is 13.8 Å². The van der Waals surface area contributed by atoms with Crippen LogP contribution in [0.5, 0.6) is 0 Å². The van der Waals surface area contributed by atoms with Crippen molar-refractivity contribution in [3.8, 4) is 0 Å². The zero-order valence-corrected chi connectivity index (χ0v) is 11.6. The lowest BCUT2D eigenvalue weighted by atomic mass is 10.1. The van der Waals surface area contributed by atoms with Gasteiger partial charge in [0.2, 0.25) is 10.0 Å². The number of hydrogen-bond acceptors (Lipinski definition) is 4. The Labute approximate surface area is 111 Å². The van der Waals surface area contributed by atoms with Gasteiger partial charge in [-0.1, -0.05) is 0 Å². The average molecular weight is 287 g/mol. The molecule has 2 atom stereocenters. The molecule has 1 heterocycles. The predicted octanol–water partition coefficient (Wildman–Crippen LogP) is 0.558. The van der Waals surface area contributed by atoms with E-state index in [9.17, 15) is 13.2 Å². The van der Waals surface area contributed by atoms with E-state index in [1.807, 2.05) is 0 Å². The van der Waals surface area contributed by atoms with Gasteiger partial charge in [0, 0.05) is 6.04 Å². The van der Waals surface area contributed by atoms with E-state index >= 15 is 0 Å². The van der Waals surface area contributed by atoms with Gasteiger partial charge in [0.05, 0.1) is 17.3 Å². The smallest absolute Gasteiger partial charge is 0.306 e. The first-order chi connectivity index (χ1) is 8.81. The molecule has 3 N–H and O–H groups in total. The average Bonchev–Trinajstić information content (AvgIpc) is 2.85. The third-order valence-electron chi connectivity index (χ3n) is 3.43. The molecule has 1 aliphatic rings. The molecule has 1 saturated carbocycles. The SMILES string of the molecule is Cc1n[nH]c(C)c1S(=O)(=O)NC1CCC(C(=O)O)C1. The second-order valence-corrected chi connectivity index (χ2v) is 6.58. The summed E-state index contributed by atoms with van der Waals surface area (Å²) in [5, 5.41) is 15.4. The fraction of sp³-hybridized carbons (Fsp3) is 0.636. The standard InChI is InChI=1S/C11H17N3O4S/c1-6-10(7(2)13-12-6)19(17,18)14-9-4-3-8(5-9)11(15)16/h8-9,14H,3-5H2,1-2H3,(H,12,13)(H,15,16). The van der Waals surface area contributed by atoms with Crippen molar-refractivity contribution in [3.05, 3.63) is 11.4 Å². The van der Waals surface area contributed by atoms with E-state index in [4.69, 9.17) is 5.11 Å². The molecule has 0 saturated heterocycles. The quantitative estimate of drug-likeness (QED) is 0.749. The molecule has 2 unspecified atom stereocenters. The van der Waals surface area contributed by atoms with Gasteiger partial charge in [-0.05, 0) is 33.1 Å². The highest BCUT2D eigenvalue weighted by Crippen LogP contribution is 2.27. The van der Waals surface area contributed by atoms with Crippen molar-refractivity contribution in [2.75, 3.05) is 0 Å². The van der Waals surface area contributed by atoms with Gasteiger partial charge in [0.15, 0.2) is 0 Å². The third kappa shape index (κ3) is 2.79. The molecule has 0 bridgehead atoms. The van der Waals surface area contributed by atoms with Gasteiger partial charge in [-0.25, -0.2) is 13.1 Å². The highest BCUT2D eigenvalue weighted by molar-refractivity contribution is 7.89. The zero-order chi connectivity index (χ0) is 14.2. The number of nitrogens with zero attached hydrogens (tertiary/aromatic N) is 1. The van der Waals surface area contributed by atoms with E-state index in [-0.39, 0.29) is 10.9 Å². The van der Waals surface area contributed by atoms with Crippen molar-refractivity contribution >= 4 is 16.0 Å². The minimum atomic E-state index is -3.65.